The van der Waals surface area contributed by atoms with Crippen LogP contribution < -0.4 is 19.9 Å². The van der Waals surface area contributed by atoms with Gasteiger partial charge in [-0.3, -0.25) is 0 Å². The van der Waals surface area contributed by atoms with Gasteiger partial charge in [-0.15, -0.1) is 0 Å². The van der Waals surface area contributed by atoms with Gasteiger partial charge in [-0.25, -0.2) is 0 Å². The lowest BCUT2D eigenvalue weighted by atomic mass is 9.99. The highest BCUT2D eigenvalue weighted by Crippen LogP contribution is 2.42. The molecule has 0 fully saturated rings. The van der Waals surface area contributed by atoms with E-state index in [0.29, 0.717) is 11.4 Å². The van der Waals surface area contributed by atoms with Crippen molar-refractivity contribution >= 4 is 17.2 Å². The zero-order valence-electron chi connectivity index (χ0n) is 13.3. The van der Waals surface area contributed by atoms with Gasteiger partial charge in [-0.2, -0.15) is 4.37 Å². The second-order valence-electron chi connectivity index (χ2n) is 5.56. The SMILES string of the molecule is COc1ccc(-c2csnc2-c2cc(C)c3c(c2)OCO3)cc1N. The molecule has 0 aliphatic carbocycles. The van der Waals surface area contributed by atoms with Crippen LogP contribution in [0.5, 0.6) is 17.2 Å². The molecule has 2 aromatic carbocycles. The predicted octanol–water partition coefficient (Wildman–Crippen LogP) is 4.11. The van der Waals surface area contributed by atoms with E-state index in [1.54, 1.807) is 7.11 Å². The summed E-state index contributed by atoms with van der Waals surface area (Å²) < 4.78 is 20.8. The van der Waals surface area contributed by atoms with Crippen molar-refractivity contribution in [3.63, 3.8) is 0 Å². The van der Waals surface area contributed by atoms with Crippen LogP contribution in [-0.4, -0.2) is 18.3 Å². The largest absolute Gasteiger partial charge is 0.495 e. The number of benzene rings is 2. The van der Waals surface area contributed by atoms with Crippen molar-refractivity contribution in [2.45, 2.75) is 6.92 Å². The average molecular weight is 340 g/mol. The van der Waals surface area contributed by atoms with E-state index in [9.17, 15) is 0 Å². The number of aryl methyl sites for hydroxylation is 1. The Morgan fingerprint density at radius 2 is 2.04 bits per heavy atom. The normalized spacial score (nSPS) is 12.4. The molecule has 0 unspecified atom stereocenters. The van der Waals surface area contributed by atoms with Crippen molar-refractivity contribution in [2.75, 3.05) is 19.6 Å². The third-order valence-corrected chi connectivity index (χ3v) is 4.67. The number of nitrogens with zero attached hydrogens (tertiary/aromatic N) is 1. The number of methoxy groups -OCH3 is 1. The van der Waals surface area contributed by atoms with E-state index in [4.69, 9.17) is 19.9 Å². The molecule has 2 heterocycles. The van der Waals surface area contributed by atoms with Crippen molar-refractivity contribution in [1.82, 2.24) is 4.37 Å². The number of rotatable bonds is 3. The zero-order chi connectivity index (χ0) is 16.7. The van der Waals surface area contributed by atoms with Gasteiger partial charge < -0.3 is 19.9 Å². The Balaban J connectivity index is 1.81. The van der Waals surface area contributed by atoms with Gasteiger partial charge in [0.05, 0.1) is 18.5 Å². The number of fused-ring (bicyclic) bond motifs is 1. The highest BCUT2D eigenvalue weighted by atomic mass is 32.1. The quantitative estimate of drug-likeness (QED) is 0.727. The molecule has 0 bridgehead atoms. The molecule has 5 nitrogen and oxygen atoms in total. The van der Waals surface area contributed by atoms with Crippen molar-refractivity contribution in [3.8, 4) is 39.6 Å². The predicted molar refractivity (Wildman–Crippen MR) is 94.8 cm³/mol. The first kappa shape index (κ1) is 14.8. The van der Waals surface area contributed by atoms with E-state index in [1.807, 2.05) is 36.6 Å². The van der Waals surface area contributed by atoms with E-state index >= 15 is 0 Å². The summed E-state index contributed by atoms with van der Waals surface area (Å²) in [7, 11) is 1.61. The molecule has 1 aliphatic heterocycles. The van der Waals surface area contributed by atoms with Crippen LogP contribution in [0.15, 0.2) is 35.7 Å². The molecule has 122 valence electrons. The van der Waals surface area contributed by atoms with Crippen molar-refractivity contribution in [2.24, 2.45) is 0 Å². The fourth-order valence-corrected chi connectivity index (χ4v) is 3.59. The molecule has 6 heteroatoms. The van der Waals surface area contributed by atoms with Crippen LogP contribution in [-0.2, 0) is 0 Å². The van der Waals surface area contributed by atoms with Gasteiger partial charge in [0, 0.05) is 16.5 Å². The minimum atomic E-state index is 0.262. The first-order valence-electron chi connectivity index (χ1n) is 7.46. The summed E-state index contributed by atoms with van der Waals surface area (Å²) in [6.07, 6.45) is 0. The van der Waals surface area contributed by atoms with E-state index in [-0.39, 0.29) is 6.79 Å². The van der Waals surface area contributed by atoms with Gasteiger partial charge in [0.1, 0.15) is 5.75 Å². The molecule has 4 rings (SSSR count). The fourth-order valence-electron chi connectivity index (χ4n) is 2.87. The van der Waals surface area contributed by atoms with Crippen molar-refractivity contribution < 1.29 is 14.2 Å². The maximum Gasteiger partial charge on any atom is 0.231 e. The molecule has 0 saturated heterocycles. The number of ether oxygens (including phenoxy) is 3. The summed E-state index contributed by atoms with van der Waals surface area (Å²) in [6.45, 7) is 2.27. The molecule has 0 radical (unpaired) electrons. The van der Waals surface area contributed by atoms with Crippen molar-refractivity contribution in [1.29, 1.82) is 0 Å². The molecule has 0 amide bonds. The van der Waals surface area contributed by atoms with Crippen LogP contribution in [0.3, 0.4) is 0 Å². The van der Waals surface area contributed by atoms with Gasteiger partial charge in [0.15, 0.2) is 11.5 Å². The van der Waals surface area contributed by atoms with Crippen LogP contribution in [0.1, 0.15) is 5.56 Å². The van der Waals surface area contributed by atoms with Crippen LogP contribution in [0.25, 0.3) is 22.4 Å². The number of anilines is 1. The monoisotopic (exact) mass is 340 g/mol. The summed E-state index contributed by atoms with van der Waals surface area (Å²) in [5.41, 5.74) is 11.6. The van der Waals surface area contributed by atoms with E-state index in [0.717, 1.165) is 39.4 Å². The molecule has 0 saturated carbocycles. The Kier molecular flexibility index (Phi) is 3.54. The second-order valence-corrected chi connectivity index (χ2v) is 6.19. The smallest absolute Gasteiger partial charge is 0.231 e. The molecule has 24 heavy (non-hydrogen) atoms. The number of hydrogen-bond acceptors (Lipinski definition) is 6. The molecular weight excluding hydrogens is 324 g/mol. The molecule has 0 spiro atoms. The summed E-state index contributed by atoms with van der Waals surface area (Å²) in [5, 5.41) is 2.02. The number of hydrogen-bond donors (Lipinski definition) is 1. The maximum absolute atomic E-state index is 6.05. The van der Waals surface area contributed by atoms with Crippen LogP contribution >= 0.6 is 11.5 Å². The molecule has 3 aromatic rings. The first-order chi connectivity index (χ1) is 11.7. The summed E-state index contributed by atoms with van der Waals surface area (Å²) in [4.78, 5) is 0. The second kappa shape index (κ2) is 5.72. The minimum absolute atomic E-state index is 0.262. The Bertz CT molecular complexity index is 921. The van der Waals surface area contributed by atoms with E-state index in [2.05, 4.69) is 10.4 Å². The van der Waals surface area contributed by atoms with Gasteiger partial charge in [-0.05, 0) is 53.8 Å². The molecule has 2 N–H and O–H groups in total. The Labute approximate surface area is 143 Å². The maximum atomic E-state index is 6.05. The highest BCUT2D eigenvalue weighted by molar-refractivity contribution is 7.04. The fraction of sp³-hybridized carbons (Fsp3) is 0.167. The van der Waals surface area contributed by atoms with E-state index in [1.165, 1.54) is 11.5 Å². The standard InChI is InChI=1S/C18H16N2O3S/c1-10-5-12(7-16-18(10)23-9-22-16)17-13(8-24-20-17)11-3-4-15(21-2)14(19)6-11/h3-8H,9,19H2,1-2H3. The highest BCUT2D eigenvalue weighted by Gasteiger charge is 2.20. The van der Waals surface area contributed by atoms with Crippen LogP contribution in [0, 0.1) is 6.92 Å². The van der Waals surface area contributed by atoms with Gasteiger partial charge >= 0.3 is 0 Å². The van der Waals surface area contributed by atoms with Crippen molar-refractivity contribution in [3.05, 3.63) is 41.3 Å². The summed E-state index contributed by atoms with van der Waals surface area (Å²) in [6, 6.07) is 9.81. The average Bonchev–Trinajstić information content (AvgIpc) is 3.23. The summed E-state index contributed by atoms with van der Waals surface area (Å²) in [5.74, 6) is 2.24. The molecule has 0 atom stereocenters. The zero-order valence-corrected chi connectivity index (χ0v) is 14.1. The minimum Gasteiger partial charge on any atom is -0.495 e. The summed E-state index contributed by atoms with van der Waals surface area (Å²) >= 11 is 1.42. The molecule has 1 aliphatic rings. The number of nitrogen functional groups attached to an aromatic ring is 1. The topological polar surface area (TPSA) is 66.6 Å². The third-order valence-electron chi connectivity index (χ3n) is 4.04. The first-order valence-corrected chi connectivity index (χ1v) is 8.30. The van der Waals surface area contributed by atoms with Crippen LogP contribution in [0.4, 0.5) is 5.69 Å². The third kappa shape index (κ3) is 2.35. The Hall–Kier alpha value is -2.73. The van der Waals surface area contributed by atoms with Gasteiger partial charge in [0.25, 0.3) is 0 Å². The van der Waals surface area contributed by atoms with E-state index < -0.39 is 0 Å². The Morgan fingerprint density at radius 1 is 1.17 bits per heavy atom. The van der Waals surface area contributed by atoms with Crippen LogP contribution in [0.2, 0.25) is 0 Å². The van der Waals surface area contributed by atoms with Gasteiger partial charge in [-0.1, -0.05) is 6.07 Å². The lowest BCUT2D eigenvalue weighted by molar-refractivity contribution is 0.173. The lowest BCUT2D eigenvalue weighted by Crippen LogP contribution is -1.93. The number of aromatic nitrogens is 1. The number of nitrogens with two attached hydrogens (primary N) is 1. The van der Waals surface area contributed by atoms with Gasteiger partial charge in [0.2, 0.25) is 6.79 Å². The molecule has 1 aromatic heterocycles. The lowest BCUT2D eigenvalue weighted by Gasteiger charge is -2.09. The molecular formula is C18H16N2O3S. The Morgan fingerprint density at radius 3 is 2.83 bits per heavy atom.